The van der Waals surface area contributed by atoms with Crippen LogP contribution >= 0.6 is 24.0 Å². The van der Waals surface area contributed by atoms with Gasteiger partial charge in [-0.1, -0.05) is 90.7 Å². The fourth-order valence-electron chi connectivity index (χ4n) is 3.83. The Balaban J connectivity index is 1.69. The summed E-state index contributed by atoms with van der Waals surface area (Å²) in [7, 11) is 0. The molecule has 0 radical (unpaired) electrons. The van der Waals surface area contributed by atoms with Gasteiger partial charge in [-0.25, -0.2) is 0 Å². The molecule has 1 aliphatic heterocycles. The van der Waals surface area contributed by atoms with Crippen molar-refractivity contribution in [2.24, 2.45) is 0 Å². The Hall–Kier alpha value is -2.95. The maximum Gasteiger partial charge on any atom is 0.270 e. The van der Waals surface area contributed by atoms with Crippen molar-refractivity contribution < 1.29 is 4.79 Å². The molecular formula is C25H17NOS2. The zero-order valence-electron chi connectivity index (χ0n) is 15.8. The molecule has 140 valence electrons. The third-order valence-corrected chi connectivity index (χ3v) is 6.54. The van der Waals surface area contributed by atoms with Crippen molar-refractivity contribution in [2.75, 3.05) is 4.90 Å². The van der Waals surface area contributed by atoms with Crippen LogP contribution in [0.25, 0.3) is 27.6 Å². The smallest absolute Gasteiger partial charge is 0.268 e. The number of carbonyl (C=O) groups is 1. The third-order valence-electron chi connectivity index (χ3n) is 5.24. The quantitative estimate of drug-likeness (QED) is 0.208. The van der Waals surface area contributed by atoms with Crippen LogP contribution in [0.15, 0.2) is 83.8 Å². The van der Waals surface area contributed by atoms with Gasteiger partial charge in [0.05, 0.1) is 10.6 Å². The summed E-state index contributed by atoms with van der Waals surface area (Å²) in [5.41, 5.74) is 2.94. The molecule has 0 aliphatic carbocycles. The number of aryl methyl sites for hydroxylation is 1. The van der Waals surface area contributed by atoms with Crippen LogP contribution in [0.3, 0.4) is 0 Å². The summed E-state index contributed by atoms with van der Waals surface area (Å²) >= 11 is 6.94. The molecule has 4 aromatic carbocycles. The molecule has 1 aliphatic rings. The number of para-hydroxylation sites is 1. The highest BCUT2D eigenvalue weighted by Crippen LogP contribution is 2.39. The molecule has 0 bridgehead atoms. The average Bonchev–Trinajstić information content (AvgIpc) is 3.01. The number of anilines is 1. The van der Waals surface area contributed by atoms with Crippen LogP contribution in [0.5, 0.6) is 0 Å². The number of nitrogens with zero attached hydrogens (tertiary/aromatic N) is 1. The highest BCUT2D eigenvalue weighted by atomic mass is 32.2. The van der Waals surface area contributed by atoms with Gasteiger partial charge in [0, 0.05) is 0 Å². The number of thiocarbonyl (C=S) groups is 1. The van der Waals surface area contributed by atoms with Gasteiger partial charge < -0.3 is 0 Å². The number of benzene rings is 4. The molecule has 5 rings (SSSR count). The van der Waals surface area contributed by atoms with Crippen molar-refractivity contribution >= 4 is 67.5 Å². The van der Waals surface area contributed by atoms with E-state index >= 15 is 0 Å². The predicted octanol–water partition coefficient (Wildman–Crippen LogP) is 6.71. The Labute approximate surface area is 178 Å². The van der Waals surface area contributed by atoms with E-state index in [1.165, 1.54) is 11.8 Å². The first kappa shape index (κ1) is 18.1. The van der Waals surface area contributed by atoms with Gasteiger partial charge in [-0.15, -0.1) is 0 Å². The van der Waals surface area contributed by atoms with Gasteiger partial charge in [-0.05, 0) is 57.8 Å². The van der Waals surface area contributed by atoms with E-state index in [9.17, 15) is 4.79 Å². The van der Waals surface area contributed by atoms with E-state index in [-0.39, 0.29) is 5.91 Å². The molecule has 1 amide bonds. The van der Waals surface area contributed by atoms with Gasteiger partial charge in [0.1, 0.15) is 0 Å². The summed E-state index contributed by atoms with van der Waals surface area (Å²) in [5.74, 6) is -0.0636. The molecule has 0 spiro atoms. The Bertz CT molecular complexity index is 1290. The standard InChI is InChI=1S/C25H17NOS2/c1-16-8-2-7-13-22(16)26-24(27)23(29-25(26)28)15-21-19-11-5-3-9-17(19)14-18-10-4-6-12-20(18)21/h2-15H,1H3/b23-15+. The van der Waals surface area contributed by atoms with E-state index in [2.05, 4.69) is 30.3 Å². The number of fused-ring (bicyclic) bond motifs is 2. The number of hydrogen-bond acceptors (Lipinski definition) is 3. The lowest BCUT2D eigenvalue weighted by Gasteiger charge is -2.16. The molecule has 1 heterocycles. The highest BCUT2D eigenvalue weighted by Gasteiger charge is 2.34. The van der Waals surface area contributed by atoms with Crippen LogP contribution in [-0.2, 0) is 4.79 Å². The molecule has 4 heteroatoms. The molecule has 0 saturated carbocycles. The monoisotopic (exact) mass is 411 g/mol. The SMILES string of the molecule is Cc1ccccc1N1C(=O)/C(=C\c2c3ccccc3cc3ccccc23)SC1=S. The largest absolute Gasteiger partial charge is 0.270 e. The van der Waals surface area contributed by atoms with Gasteiger partial charge in [0.15, 0.2) is 4.32 Å². The van der Waals surface area contributed by atoms with Gasteiger partial charge in [0.2, 0.25) is 0 Å². The first-order valence-electron chi connectivity index (χ1n) is 9.37. The van der Waals surface area contributed by atoms with Crippen LogP contribution in [0.4, 0.5) is 5.69 Å². The van der Waals surface area contributed by atoms with Crippen molar-refractivity contribution in [1.82, 2.24) is 0 Å². The molecule has 0 aromatic heterocycles. The highest BCUT2D eigenvalue weighted by molar-refractivity contribution is 8.27. The van der Waals surface area contributed by atoms with Gasteiger partial charge >= 0.3 is 0 Å². The molecule has 0 unspecified atom stereocenters. The lowest BCUT2D eigenvalue weighted by molar-refractivity contribution is -0.113. The topological polar surface area (TPSA) is 20.3 Å². The predicted molar refractivity (Wildman–Crippen MR) is 128 cm³/mol. The average molecular weight is 412 g/mol. The minimum atomic E-state index is -0.0636. The minimum absolute atomic E-state index is 0.0636. The second-order valence-electron chi connectivity index (χ2n) is 7.04. The van der Waals surface area contributed by atoms with Crippen molar-refractivity contribution in [3.05, 3.63) is 94.9 Å². The summed E-state index contributed by atoms with van der Waals surface area (Å²) in [6.07, 6.45) is 2.00. The summed E-state index contributed by atoms with van der Waals surface area (Å²) in [4.78, 5) is 15.6. The molecule has 4 aromatic rings. The van der Waals surface area contributed by atoms with Gasteiger partial charge in [-0.2, -0.15) is 0 Å². The molecule has 1 fully saturated rings. The van der Waals surface area contributed by atoms with E-state index in [0.29, 0.717) is 9.23 Å². The zero-order valence-corrected chi connectivity index (χ0v) is 17.4. The Kier molecular flexibility index (Phi) is 4.46. The van der Waals surface area contributed by atoms with Gasteiger partial charge in [-0.3, -0.25) is 9.69 Å². The molecule has 29 heavy (non-hydrogen) atoms. The lowest BCUT2D eigenvalue weighted by atomic mass is 9.96. The Morgan fingerprint density at radius 1 is 0.862 bits per heavy atom. The normalized spacial score (nSPS) is 15.8. The number of amides is 1. The summed E-state index contributed by atoms with van der Waals surface area (Å²) in [6, 6.07) is 26.6. The minimum Gasteiger partial charge on any atom is -0.268 e. The maximum absolute atomic E-state index is 13.3. The van der Waals surface area contributed by atoms with Crippen molar-refractivity contribution in [2.45, 2.75) is 6.92 Å². The Morgan fingerprint density at radius 2 is 1.45 bits per heavy atom. The summed E-state index contributed by atoms with van der Waals surface area (Å²) < 4.78 is 0.570. The fraction of sp³-hybridized carbons (Fsp3) is 0.0400. The van der Waals surface area contributed by atoms with Crippen LogP contribution < -0.4 is 4.90 Å². The molecule has 1 saturated heterocycles. The maximum atomic E-state index is 13.3. The number of hydrogen-bond donors (Lipinski definition) is 0. The van der Waals surface area contributed by atoms with E-state index in [0.717, 1.165) is 38.4 Å². The number of rotatable bonds is 2. The van der Waals surface area contributed by atoms with Crippen LogP contribution in [0, 0.1) is 6.92 Å². The van der Waals surface area contributed by atoms with E-state index < -0.39 is 0 Å². The van der Waals surface area contributed by atoms with Gasteiger partial charge in [0.25, 0.3) is 5.91 Å². The first-order chi connectivity index (χ1) is 14.1. The van der Waals surface area contributed by atoms with Crippen LogP contribution in [0.2, 0.25) is 0 Å². The summed E-state index contributed by atoms with van der Waals surface area (Å²) in [6.45, 7) is 2.00. The molecule has 0 atom stereocenters. The Morgan fingerprint density at radius 3 is 2.10 bits per heavy atom. The number of carbonyl (C=O) groups excluding carboxylic acids is 1. The van der Waals surface area contributed by atoms with Crippen molar-refractivity contribution in [3.8, 4) is 0 Å². The van der Waals surface area contributed by atoms with Crippen molar-refractivity contribution in [3.63, 3.8) is 0 Å². The van der Waals surface area contributed by atoms with Crippen molar-refractivity contribution in [1.29, 1.82) is 0 Å². The van der Waals surface area contributed by atoms with E-state index in [1.54, 1.807) is 4.90 Å². The zero-order chi connectivity index (χ0) is 20.0. The van der Waals surface area contributed by atoms with E-state index in [4.69, 9.17) is 12.2 Å². The van der Waals surface area contributed by atoms with E-state index in [1.807, 2.05) is 61.5 Å². The molecular weight excluding hydrogens is 394 g/mol. The number of thioether (sulfide) groups is 1. The second kappa shape index (κ2) is 7.14. The fourth-order valence-corrected chi connectivity index (χ4v) is 5.09. The van der Waals surface area contributed by atoms with Crippen LogP contribution in [-0.4, -0.2) is 10.2 Å². The first-order valence-corrected chi connectivity index (χ1v) is 10.6. The molecule has 0 N–H and O–H groups in total. The second-order valence-corrected chi connectivity index (χ2v) is 8.71. The summed E-state index contributed by atoms with van der Waals surface area (Å²) in [5, 5.41) is 4.58. The molecule has 2 nitrogen and oxygen atoms in total. The van der Waals surface area contributed by atoms with Crippen LogP contribution in [0.1, 0.15) is 11.1 Å². The third kappa shape index (κ3) is 3.05. The lowest BCUT2D eigenvalue weighted by Crippen LogP contribution is -2.28.